The van der Waals surface area contributed by atoms with Crippen LogP contribution in [0.3, 0.4) is 0 Å². The van der Waals surface area contributed by atoms with Crippen LogP contribution in [0.15, 0.2) is 18.2 Å². The molecule has 0 unspecified atom stereocenters. The molecule has 0 atom stereocenters. The highest BCUT2D eigenvalue weighted by Crippen LogP contribution is 2.35. The van der Waals surface area contributed by atoms with Crippen LogP contribution >= 0.6 is 0 Å². The fourth-order valence-electron chi connectivity index (χ4n) is 3.84. The smallest absolute Gasteiger partial charge is 0.240 e. The van der Waals surface area contributed by atoms with E-state index in [1.165, 1.54) is 19.3 Å². The van der Waals surface area contributed by atoms with Crippen molar-refractivity contribution in [2.75, 3.05) is 11.4 Å². The van der Waals surface area contributed by atoms with Crippen molar-refractivity contribution >= 4 is 17.5 Å². The van der Waals surface area contributed by atoms with Crippen LogP contribution in [-0.2, 0) is 9.59 Å². The van der Waals surface area contributed by atoms with Crippen molar-refractivity contribution in [1.29, 1.82) is 0 Å². The molecule has 1 aromatic rings. The molecule has 2 rings (SSSR count). The number of rotatable bonds is 6. The second kappa shape index (κ2) is 9.20. The summed E-state index contributed by atoms with van der Waals surface area (Å²) in [5.74, 6) is 0.429. The summed E-state index contributed by atoms with van der Waals surface area (Å²) < 4.78 is 0. The first-order valence-corrected chi connectivity index (χ1v) is 10.0. The molecule has 26 heavy (non-hydrogen) atoms. The molecule has 0 spiro atoms. The van der Waals surface area contributed by atoms with Crippen LogP contribution in [0.5, 0.6) is 0 Å². The number of hydrogen-bond acceptors (Lipinski definition) is 2. The highest BCUT2D eigenvalue weighted by atomic mass is 16.2. The van der Waals surface area contributed by atoms with Crippen molar-refractivity contribution in [3.63, 3.8) is 0 Å². The molecule has 0 saturated heterocycles. The number of carbonyl (C=O) groups excluding carboxylic acids is 2. The molecule has 1 fully saturated rings. The van der Waals surface area contributed by atoms with E-state index in [1.54, 1.807) is 11.8 Å². The van der Waals surface area contributed by atoms with Crippen molar-refractivity contribution in [3.8, 4) is 0 Å². The summed E-state index contributed by atoms with van der Waals surface area (Å²) in [7, 11) is 0. The molecule has 0 heterocycles. The van der Waals surface area contributed by atoms with Gasteiger partial charge in [-0.3, -0.25) is 9.59 Å². The van der Waals surface area contributed by atoms with Crippen LogP contribution in [0.2, 0.25) is 0 Å². The number of anilines is 1. The van der Waals surface area contributed by atoms with Gasteiger partial charge in [0.1, 0.15) is 6.54 Å². The van der Waals surface area contributed by atoms with Gasteiger partial charge in [-0.15, -0.1) is 0 Å². The van der Waals surface area contributed by atoms with E-state index in [-0.39, 0.29) is 36.2 Å². The first kappa shape index (κ1) is 20.5. The Morgan fingerprint density at radius 2 is 1.58 bits per heavy atom. The summed E-state index contributed by atoms with van der Waals surface area (Å²) >= 11 is 0. The maximum atomic E-state index is 12.7. The molecule has 4 nitrogen and oxygen atoms in total. The molecular weight excluding hydrogens is 324 g/mol. The monoisotopic (exact) mass is 358 g/mol. The minimum Gasteiger partial charge on any atom is -0.352 e. The Labute approximate surface area is 158 Å². The van der Waals surface area contributed by atoms with Crippen molar-refractivity contribution in [2.24, 2.45) is 0 Å². The van der Waals surface area contributed by atoms with Gasteiger partial charge in [0.05, 0.1) is 5.69 Å². The molecule has 1 saturated carbocycles. The third-order valence-corrected chi connectivity index (χ3v) is 5.26. The number of nitrogens with one attached hydrogen (secondary N) is 1. The largest absolute Gasteiger partial charge is 0.352 e. The van der Waals surface area contributed by atoms with Crippen LogP contribution in [0, 0.1) is 0 Å². The summed E-state index contributed by atoms with van der Waals surface area (Å²) in [5, 5.41) is 3.14. The maximum absolute atomic E-state index is 12.7. The Bertz CT molecular complexity index is 605. The number of hydrogen-bond donors (Lipinski definition) is 1. The van der Waals surface area contributed by atoms with E-state index in [4.69, 9.17) is 0 Å². The van der Waals surface area contributed by atoms with E-state index >= 15 is 0 Å². The summed E-state index contributed by atoms with van der Waals surface area (Å²) in [6.07, 6.45) is 5.70. The zero-order chi connectivity index (χ0) is 19.3. The van der Waals surface area contributed by atoms with Gasteiger partial charge >= 0.3 is 0 Å². The van der Waals surface area contributed by atoms with Gasteiger partial charge in [-0.1, -0.05) is 65.2 Å². The number of amides is 2. The van der Waals surface area contributed by atoms with Gasteiger partial charge in [-0.25, -0.2) is 0 Å². The van der Waals surface area contributed by atoms with Crippen molar-refractivity contribution in [3.05, 3.63) is 29.3 Å². The molecule has 4 heteroatoms. The van der Waals surface area contributed by atoms with Gasteiger partial charge in [-0.05, 0) is 35.8 Å². The number of benzene rings is 1. The summed E-state index contributed by atoms with van der Waals surface area (Å²) in [4.78, 5) is 26.8. The lowest BCUT2D eigenvalue weighted by Crippen LogP contribution is -2.45. The van der Waals surface area contributed by atoms with Gasteiger partial charge in [0.15, 0.2) is 0 Å². The maximum Gasteiger partial charge on any atom is 0.240 e. The third kappa shape index (κ3) is 5.09. The zero-order valence-electron chi connectivity index (χ0n) is 17.0. The summed E-state index contributed by atoms with van der Waals surface area (Å²) in [6.45, 7) is 10.2. The second-order valence-electron chi connectivity index (χ2n) is 8.10. The molecule has 2 amide bonds. The molecule has 0 aliphatic heterocycles. The Kier molecular flexibility index (Phi) is 7.24. The predicted molar refractivity (Wildman–Crippen MR) is 108 cm³/mol. The van der Waals surface area contributed by atoms with Crippen LogP contribution in [0.1, 0.15) is 89.7 Å². The van der Waals surface area contributed by atoms with E-state index in [1.807, 2.05) is 0 Å². The first-order chi connectivity index (χ1) is 12.3. The molecule has 144 valence electrons. The molecular formula is C22H34N2O2. The average molecular weight is 359 g/mol. The molecule has 1 aliphatic carbocycles. The van der Waals surface area contributed by atoms with Gasteiger partial charge in [-0.2, -0.15) is 0 Å². The Morgan fingerprint density at radius 3 is 2.04 bits per heavy atom. The van der Waals surface area contributed by atoms with Crippen LogP contribution in [-0.4, -0.2) is 24.4 Å². The lowest BCUT2D eigenvalue weighted by molar-refractivity contribution is -0.123. The van der Waals surface area contributed by atoms with Gasteiger partial charge < -0.3 is 10.2 Å². The number of nitrogens with zero attached hydrogens (tertiary/aromatic N) is 1. The lowest BCUT2D eigenvalue weighted by atomic mass is 9.91. The van der Waals surface area contributed by atoms with Gasteiger partial charge in [0.2, 0.25) is 11.8 Å². The second-order valence-corrected chi connectivity index (χ2v) is 8.10. The van der Waals surface area contributed by atoms with Gasteiger partial charge in [0, 0.05) is 13.0 Å². The molecule has 0 radical (unpaired) electrons. The zero-order valence-corrected chi connectivity index (χ0v) is 17.0. The number of para-hydroxylation sites is 1. The fourth-order valence-corrected chi connectivity index (χ4v) is 3.84. The predicted octanol–water partition coefficient (Wildman–Crippen LogP) is 4.74. The van der Waals surface area contributed by atoms with Gasteiger partial charge in [0.25, 0.3) is 0 Å². The third-order valence-electron chi connectivity index (χ3n) is 5.26. The minimum absolute atomic E-state index is 0.0552. The Morgan fingerprint density at radius 1 is 1.04 bits per heavy atom. The quantitative estimate of drug-likeness (QED) is 0.799. The normalized spacial score (nSPS) is 15.3. The van der Waals surface area contributed by atoms with Crippen molar-refractivity contribution in [1.82, 2.24) is 5.32 Å². The van der Waals surface area contributed by atoms with Crippen molar-refractivity contribution in [2.45, 2.75) is 84.6 Å². The van der Waals surface area contributed by atoms with Crippen LogP contribution < -0.4 is 10.2 Å². The van der Waals surface area contributed by atoms with Crippen LogP contribution in [0.4, 0.5) is 5.69 Å². The van der Waals surface area contributed by atoms with Crippen molar-refractivity contribution < 1.29 is 9.59 Å². The average Bonchev–Trinajstić information content (AvgIpc) is 2.59. The standard InChI is InChI=1S/C22H34N2O2/c1-15(2)19-12-9-13-20(16(3)4)22(19)24(17(5)25)14-21(26)23-18-10-7-6-8-11-18/h9,12-13,15-16,18H,6-8,10-11,14H2,1-5H3,(H,23,26). The van der Waals surface area contributed by atoms with Crippen LogP contribution in [0.25, 0.3) is 0 Å². The van der Waals surface area contributed by atoms with E-state index in [0.717, 1.165) is 29.7 Å². The molecule has 0 aromatic heterocycles. The topological polar surface area (TPSA) is 49.4 Å². The SMILES string of the molecule is CC(=O)N(CC(=O)NC1CCCCC1)c1c(C(C)C)cccc1C(C)C. The van der Waals surface area contributed by atoms with E-state index in [9.17, 15) is 9.59 Å². The highest BCUT2D eigenvalue weighted by molar-refractivity contribution is 5.99. The Balaban J connectivity index is 2.28. The van der Waals surface area contributed by atoms with E-state index < -0.39 is 0 Å². The minimum atomic E-state index is -0.0844. The number of carbonyl (C=O) groups is 2. The summed E-state index contributed by atoms with van der Waals surface area (Å²) in [5.41, 5.74) is 3.16. The Hall–Kier alpha value is -1.84. The van der Waals surface area contributed by atoms with E-state index in [2.05, 4.69) is 51.2 Å². The first-order valence-electron chi connectivity index (χ1n) is 10.0. The summed E-state index contributed by atoms with van der Waals surface area (Å²) in [6, 6.07) is 6.45. The molecule has 1 aromatic carbocycles. The molecule has 1 aliphatic rings. The molecule has 0 bridgehead atoms. The fraction of sp³-hybridized carbons (Fsp3) is 0.636. The highest BCUT2D eigenvalue weighted by Gasteiger charge is 2.25. The van der Waals surface area contributed by atoms with E-state index in [0.29, 0.717) is 0 Å². The molecule has 1 N–H and O–H groups in total. The lowest BCUT2D eigenvalue weighted by Gasteiger charge is -2.30.